The van der Waals surface area contributed by atoms with Crippen LogP contribution in [0.15, 0.2) is 55.0 Å². The van der Waals surface area contributed by atoms with Gasteiger partial charge in [-0.15, -0.1) is 0 Å². The molecule has 0 saturated carbocycles. The van der Waals surface area contributed by atoms with Crippen LogP contribution in [-0.4, -0.2) is 22.1 Å². The summed E-state index contributed by atoms with van der Waals surface area (Å²) in [4.78, 5) is 12.4. The van der Waals surface area contributed by atoms with E-state index in [2.05, 4.69) is 20.3 Å². The van der Waals surface area contributed by atoms with Gasteiger partial charge in [0.15, 0.2) is 0 Å². The van der Waals surface area contributed by atoms with Crippen LogP contribution in [0.25, 0.3) is 11.3 Å². The quantitative estimate of drug-likeness (QED) is 0.740. The molecule has 3 rings (SSSR count). The molecule has 0 radical (unpaired) electrons. The molecule has 0 fully saturated rings. The summed E-state index contributed by atoms with van der Waals surface area (Å²) in [6.07, 6.45) is -1.36. The molecular formula is C18H15F3N4O. The predicted octanol–water partition coefficient (Wildman–Crippen LogP) is 4.18. The lowest BCUT2D eigenvalue weighted by Crippen LogP contribution is -2.07. The zero-order chi connectivity index (χ0) is 18.6. The summed E-state index contributed by atoms with van der Waals surface area (Å²) in [6, 6.07) is 10.4. The first kappa shape index (κ1) is 17.7. The Morgan fingerprint density at radius 1 is 1.04 bits per heavy atom. The van der Waals surface area contributed by atoms with Crippen molar-refractivity contribution < 1.29 is 17.9 Å². The smallest absolute Gasteiger partial charge is 0.416 e. The Kier molecular flexibility index (Phi) is 5.01. The normalized spacial score (nSPS) is 11.2. The minimum absolute atomic E-state index is 0.210. The largest absolute Gasteiger partial charge is 0.481 e. The van der Waals surface area contributed by atoms with Crippen LogP contribution in [0, 0.1) is 0 Å². The maximum absolute atomic E-state index is 12.8. The van der Waals surface area contributed by atoms with E-state index in [1.807, 2.05) is 6.07 Å². The van der Waals surface area contributed by atoms with Crippen molar-refractivity contribution in [3.63, 3.8) is 0 Å². The van der Waals surface area contributed by atoms with E-state index in [1.165, 1.54) is 19.5 Å². The number of aromatic nitrogens is 3. The van der Waals surface area contributed by atoms with Gasteiger partial charge in [0.2, 0.25) is 5.88 Å². The van der Waals surface area contributed by atoms with Crippen molar-refractivity contribution in [3.05, 3.63) is 66.1 Å². The van der Waals surface area contributed by atoms with E-state index in [0.29, 0.717) is 23.0 Å². The van der Waals surface area contributed by atoms with Crippen LogP contribution < -0.4 is 10.1 Å². The van der Waals surface area contributed by atoms with Gasteiger partial charge in [-0.25, -0.2) is 15.0 Å². The average molecular weight is 360 g/mol. The van der Waals surface area contributed by atoms with Crippen LogP contribution in [0.4, 0.5) is 19.0 Å². The van der Waals surface area contributed by atoms with E-state index in [-0.39, 0.29) is 6.54 Å². The Morgan fingerprint density at radius 3 is 2.58 bits per heavy atom. The summed E-state index contributed by atoms with van der Waals surface area (Å²) in [5, 5.41) is 3.01. The maximum atomic E-state index is 12.8. The van der Waals surface area contributed by atoms with Crippen molar-refractivity contribution in [1.82, 2.24) is 15.0 Å². The molecule has 1 N–H and O–H groups in total. The highest BCUT2D eigenvalue weighted by molar-refractivity contribution is 5.61. The molecule has 0 aliphatic rings. The number of pyridine rings is 1. The van der Waals surface area contributed by atoms with Crippen LogP contribution in [0.5, 0.6) is 5.88 Å². The number of methoxy groups -OCH3 is 1. The molecule has 1 aromatic carbocycles. The number of benzene rings is 1. The summed E-state index contributed by atoms with van der Waals surface area (Å²) in [5.41, 5.74) is 1.24. The summed E-state index contributed by atoms with van der Waals surface area (Å²) < 4.78 is 43.3. The fourth-order valence-electron chi connectivity index (χ4n) is 2.31. The number of anilines is 1. The summed E-state index contributed by atoms with van der Waals surface area (Å²) in [5.74, 6) is 0.994. The van der Waals surface area contributed by atoms with E-state index >= 15 is 0 Å². The van der Waals surface area contributed by atoms with Gasteiger partial charge in [0.05, 0.1) is 18.4 Å². The second kappa shape index (κ2) is 7.38. The molecule has 134 valence electrons. The van der Waals surface area contributed by atoms with Crippen molar-refractivity contribution >= 4 is 5.82 Å². The van der Waals surface area contributed by atoms with Gasteiger partial charge >= 0.3 is 6.18 Å². The van der Waals surface area contributed by atoms with Gasteiger partial charge in [-0.2, -0.15) is 13.2 Å². The molecule has 0 aliphatic heterocycles. The molecule has 0 aliphatic carbocycles. The fourth-order valence-corrected chi connectivity index (χ4v) is 2.31. The third-order valence-corrected chi connectivity index (χ3v) is 3.64. The van der Waals surface area contributed by atoms with Gasteiger partial charge < -0.3 is 10.1 Å². The molecular weight excluding hydrogens is 345 g/mol. The molecule has 0 bridgehead atoms. The van der Waals surface area contributed by atoms with Crippen molar-refractivity contribution in [2.75, 3.05) is 12.4 Å². The molecule has 5 nitrogen and oxygen atoms in total. The van der Waals surface area contributed by atoms with Crippen LogP contribution in [0.1, 0.15) is 11.1 Å². The molecule has 0 atom stereocenters. The van der Waals surface area contributed by atoms with Crippen molar-refractivity contribution in [1.29, 1.82) is 0 Å². The number of alkyl halides is 3. The number of ether oxygens (including phenoxy) is 1. The maximum Gasteiger partial charge on any atom is 0.416 e. The Labute approximate surface area is 147 Å². The first-order valence-corrected chi connectivity index (χ1v) is 7.68. The molecule has 0 spiro atoms. The van der Waals surface area contributed by atoms with Crippen LogP contribution >= 0.6 is 0 Å². The van der Waals surface area contributed by atoms with E-state index < -0.39 is 11.7 Å². The topological polar surface area (TPSA) is 59.9 Å². The van der Waals surface area contributed by atoms with E-state index in [0.717, 1.165) is 17.7 Å². The zero-order valence-corrected chi connectivity index (χ0v) is 13.8. The highest BCUT2D eigenvalue weighted by atomic mass is 19.4. The van der Waals surface area contributed by atoms with Crippen LogP contribution in [0.2, 0.25) is 0 Å². The molecule has 26 heavy (non-hydrogen) atoms. The Hall–Kier alpha value is -3.16. The minimum atomic E-state index is -4.36. The van der Waals surface area contributed by atoms with Gasteiger partial charge in [-0.3, -0.25) is 0 Å². The molecule has 2 heterocycles. The Morgan fingerprint density at radius 2 is 1.88 bits per heavy atom. The minimum Gasteiger partial charge on any atom is -0.481 e. The number of hydrogen-bond acceptors (Lipinski definition) is 5. The predicted molar refractivity (Wildman–Crippen MR) is 90.6 cm³/mol. The lowest BCUT2D eigenvalue weighted by molar-refractivity contribution is -0.137. The SMILES string of the molecule is COc1ccc(-c2cc(NCc3cccc(C(F)(F)F)c3)ncn2)cn1. The second-order valence-electron chi connectivity index (χ2n) is 5.43. The lowest BCUT2D eigenvalue weighted by Gasteiger charge is -2.10. The summed E-state index contributed by atoms with van der Waals surface area (Å²) in [7, 11) is 1.53. The third kappa shape index (κ3) is 4.27. The lowest BCUT2D eigenvalue weighted by atomic mass is 10.1. The molecule has 8 heteroatoms. The van der Waals surface area contributed by atoms with Crippen molar-refractivity contribution in [2.45, 2.75) is 12.7 Å². The monoisotopic (exact) mass is 360 g/mol. The van der Waals surface area contributed by atoms with Gasteiger partial charge in [-0.1, -0.05) is 12.1 Å². The third-order valence-electron chi connectivity index (χ3n) is 3.64. The van der Waals surface area contributed by atoms with Crippen LogP contribution in [-0.2, 0) is 12.7 Å². The molecule has 3 aromatic rings. The number of nitrogens with one attached hydrogen (secondary N) is 1. The highest BCUT2D eigenvalue weighted by Gasteiger charge is 2.30. The summed E-state index contributed by atoms with van der Waals surface area (Å²) in [6.45, 7) is 0.210. The first-order chi connectivity index (χ1) is 12.5. The van der Waals surface area contributed by atoms with Gasteiger partial charge in [0.25, 0.3) is 0 Å². The number of halogens is 3. The Balaban J connectivity index is 1.73. The fraction of sp³-hybridized carbons (Fsp3) is 0.167. The number of hydrogen-bond donors (Lipinski definition) is 1. The molecule has 0 amide bonds. The van der Waals surface area contributed by atoms with E-state index in [9.17, 15) is 13.2 Å². The van der Waals surface area contributed by atoms with Crippen molar-refractivity contribution in [3.8, 4) is 17.1 Å². The highest BCUT2D eigenvalue weighted by Crippen LogP contribution is 2.29. The van der Waals surface area contributed by atoms with Gasteiger partial charge in [0, 0.05) is 30.4 Å². The van der Waals surface area contributed by atoms with E-state index in [1.54, 1.807) is 24.4 Å². The van der Waals surface area contributed by atoms with E-state index in [4.69, 9.17) is 4.74 Å². The standard InChI is InChI=1S/C18H15F3N4O/c1-26-17-6-5-13(10-23-17)15-8-16(25-11-24-15)22-9-12-3-2-4-14(7-12)18(19,20)21/h2-8,10-11H,9H2,1H3,(H,22,24,25). The zero-order valence-electron chi connectivity index (χ0n) is 13.8. The summed E-state index contributed by atoms with van der Waals surface area (Å²) >= 11 is 0. The number of rotatable bonds is 5. The molecule has 0 saturated heterocycles. The van der Waals surface area contributed by atoms with Crippen LogP contribution in [0.3, 0.4) is 0 Å². The van der Waals surface area contributed by atoms with Crippen molar-refractivity contribution in [2.24, 2.45) is 0 Å². The van der Waals surface area contributed by atoms with Gasteiger partial charge in [-0.05, 0) is 23.8 Å². The Bertz CT molecular complexity index is 882. The second-order valence-corrected chi connectivity index (χ2v) is 5.43. The number of nitrogens with zero attached hydrogens (tertiary/aromatic N) is 3. The average Bonchev–Trinajstić information content (AvgIpc) is 2.66. The van der Waals surface area contributed by atoms with Gasteiger partial charge in [0.1, 0.15) is 12.1 Å². The molecule has 0 unspecified atom stereocenters. The first-order valence-electron chi connectivity index (χ1n) is 7.68. The molecule has 2 aromatic heterocycles.